The number of nitrogens with one attached hydrogen (secondary N) is 1. The minimum Gasteiger partial charge on any atom is -0.388 e. The van der Waals surface area contributed by atoms with Crippen LogP contribution in [0.3, 0.4) is 0 Å². The Morgan fingerprint density at radius 1 is 0.923 bits per heavy atom. The molecule has 0 heterocycles. The predicted molar refractivity (Wildman–Crippen MR) is 147 cm³/mol. The number of rotatable bonds is 16. The molecule has 0 fully saturated rings. The molecule has 3 atom stereocenters. The maximum Gasteiger partial charge on any atom is 0.253 e. The van der Waals surface area contributed by atoms with Gasteiger partial charge in [0.2, 0.25) is 0 Å². The van der Waals surface area contributed by atoms with E-state index < -0.39 is 35.8 Å². The quantitative estimate of drug-likeness (QED) is 0.270. The number of ether oxygens (including phenoxy) is 1. The second kappa shape index (κ2) is 16.3. The molecule has 0 saturated heterocycles. The first-order valence-electron chi connectivity index (χ1n) is 13.7. The van der Waals surface area contributed by atoms with Crippen molar-refractivity contribution in [3.8, 4) is 0 Å². The van der Waals surface area contributed by atoms with Crippen LogP contribution in [-0.4, -0.2) is 71.5 Å². The summed E-state index contributed by atoms with van der Waals surface area (Å²) in [5, 5.41) is 24.2. The van der Waals surface area contributed by atoms with Crippen molar-refractivity contribution in [3.63, 3.8) is 0 Å². The lowest BCUT2D eigenvalue weighted by molar-refractivity contribution is -0.0510. The molecule has 0 aliphatic carbocycles. The minimum atomic E-state index is -1.49. The first-order valence-corrected chi connectivity index (χ1v) is 13.7. The molecule has 2 aromatic carbocycles. The number of nitrogens with zero attached hydrogens (tertiary/aromatic N) is 1. The molecule has 7 nitrogen and oxygen atoms in total. The number of halogens is 2. The number of amides is 2. The smallest absolute Gasteiger partial charge is 0.253 e. The van der Waals surface area contributed by atoms with Crippen LogP contribution in [0.4, 0.5) is 8.78 Å². The van der Waals surface area contributed by atoms with Crippen LogP contribution >= 0.6 is 0 Å². The summed E-state index contributed by atoms with van der Waals surface area (Å²) in [6, 6.07) is 6.69. The average Bonchev–Trinajstić information content (AvgIpc) is 2.88. The Morgan fingerprint density at radius 2 is 1.54 bits per heavy atom. The molecule has 2 amide bonds. The highest BCUT2D eigenvalue weighted by Gasteiger charge is 2.29. The van der Waals surface area contributed by atoms with Gasteiger partial charge in [0, 0.05) is 36.9 Å². The Hall–Kier alpha value is -2.88. The van der Waals surface area contributed by atoms with Crippen molar-refractivity contribution in [3.05, 3.63) is 70.3 Å². The molecule has 0 bridgehead atoms. The van der Waals surface area contributed by atoms with Gasteiger partial charge >= 0.3 is 0 Å². The third-order valence-corrected chi connectivity index (χ3v) is 6.29. The van der Waals surface area contributed by atoms with Crippen molar-refractivity contribution in [2.75, 3.05) is 26.3 Å². The van der Waals surface area contributed by atoms with Crippen LogP contribution < -0.4 is 5.32 Å². The Labute approximate surface area is 230 Å². The van der Waals surface area contributed by atoms with E-state index in [9.17, 15) is 28.6 Å². The number of carbonyl (C=O) groups excluding carboxylic acids is 2. The first kappa shape index (κ1) is 32.3. The summed E-state index contributed by atoms with van der Waals surface area (Å²) in [6.07, 6.45) is 0.303. The molecule has 0 aliphatic rings. The minimum absolute atomic E-state index is 0.147. The standard InChI is InChI=1S/C30H42F2N2O5/c1-5-8-11-39-19-27(35)28(36)26(16-21-14-24(31)18-25(32)15-21)33-29(37)22-12-20(4)13-23(17-22)30(38)34(9-6-2)10-7-3/h12-15,17-18,26-28,35-36H,5-11,16,19H2,1-4H3,(H,33,37)/t26-,27+,28?/m0/s1. The molecule has 0 radical (unpaired) electrons. The zero-order valence-corrected chi connectivity index (χ0v) is 23.4. The summed E-state index contributed by atoms with van der Waals surface area (Å²) in [7, 11) is 0. The number of hydrogen-bond donors (Lipinski definition) is 3. The topological polar surface area (TPSA) is 99.1 Å². The Bertz CT molecular complexity index is 1060. The van der Waals surface area contributed by atoms with E-state index in [4.69, 9.17) is 4.74 Å². The van der Waals surface area contributed by atoms with Gasteiger partial charge in [-0.2, -0.15) is 0 Å². The van der Waals surface area contributed by atoms with Gasteiger partial charge in [0.1, 0.15) is 23.8 Å². The van der Waals surface area contributed by atoms with Gasteiger partial charge in [0.25, 0.3) is 11.8 Å². The van der Waals surface area contributed by atoms with Gasteiger partial charge in [-0.1, -0.05) is 27.2 Å². The van der Waals surface area contributed by atoms with Gasteiger partial charge in [-0.3, -0.25) is 9.59 Å². The van der Waals surface area contributed by atoms with Gasteiger partial charge in [-0.25, -0.2) is 8.78 Å². The van der Waals surface area contributed by atoms with Crippen LogP contribution in [-0.2, 0) is 11.2 Å². The van der Waals surface area contributed by atoms with Gasteiger partial charge in [0.15, 0.2) is 0 Å². The summed E-state index contributed by atoms with van der Waals surface area (Å²) in [6.45, 7) is 9.18. The molecule has 2 rings (SSSR count). The largest absolute Gasteiger partial charge is 0.388 e. The fraction of sp³-hybridized carbons (Fsp3) is 0.533. The summed E-state index contributed by atoms with van der Waals surface area (Å²) in [4.78, 5) is 28.3. The molecule has 0 saturated carbocycles. The summed E-state index contributed by atoms with van der Waals surface area (Å²) < 4.78 is 33.1. The predicted octanol–water partition coefficient (Wildman–Crippen LogP) is 4.42. The number of aryl methyl sites for hydroxylation is 1. The van der Waals surface area contributed by atoms with E-state index in [0.29, 0.717) is 30.8 Å². The number of aliphatic hydroxyl groups excluding tert-OH is 2. The second-order valence-corrected chi connectivity index (χ2v) is 9.93. The van der Waals surface area contributed by atoms with Crippen molar-refractivity contribution >= 4 is 11.8 Å². The fourth-order valence-corrected chi connectivity index (χ4v) is 4.38. The van der Waals surface area contributed by atoms with E-state index in [1.54, 1.807) is 24.0 Å². The average molecular weight is 549 g/mol. The molecule has 2 aromatic rings. The fourth-order valence-electron chi connectivity index (χ4n) is 4.38. The molecule has 0 aliphatic heterocycles. The number of carbonyl (C=O) groups is 2. The van der Waals surface area contributed by atoms with Crippen molar-refractivity contribution in [2.24, 2.45) is 0 Å². The van der Waals surface area contributed by atoms with Crippen molar-refractivity contribution in [1.29, 1.82) is 0 Å². The monoisotopic (exact) mass is 548 g/mol. The number of hydrogen-bond acceptors (Lipinski definition) is 5. The van der Waals surface area contributed by atoms with E-state index in [1.165, 1.54) is 6.07 Å². The third-order valence-electron chi connectivity index (χ3n) is 6.29. The van der Waals surface area contributed by atoms with Crippen LogP contribution in [0, 0.1) is 18.6 Å². The van der Waals surface area contributed by atoms with Gasteiger partial charge < -0.3 is 25.2 Å². The zero-order chi connectivity index (χ0) is 28.9. The molecular weight excluding hydrogens is 506 g/mol. The number of aliphatic hydroxyl groups is 2. The molecule has 216 valence electrons. The van der Waals surface area contributed by atoms with Crippen LogP contribution in [0.15, 0.2) is 36.4 Å². The maximum absolute atomic E-state index is 13.8. The molecule has 0 spiro atoms. The second-order valence-electron chi connectivity index (χ2n) is 9.93. The van der Waals surface area contributed by atoms with Crippen LogP contribution in [0.5, 0.6) is 0 Å². The van der Waals surface area contributed by atoms with Crippen molar-refractivity contribution in [2.45, 2.75) is 78.0 Å². The van der Waals surface area contributed by atoms with E-state index in [-0.39, 0.29) is 30.1 Å². The molecule has 39 heavy (non-hydrogen) atoms. The van der Waals surface area contributed by atoms with Crippen LogP contribution in [0.1, 0.15) is 78.3 Å². The number of unbranched alkanes of at least 4 members (excludes halogenated alkanes) is 1. The lowest BCUT2D eigenvalue weighted by Crippen LogP contribution is -2.51. The van der Waals surface area contributed by atoms with E-state index in [2.05, 4.69) is 5.32 Å². The molecule has 0 aromatic heterocycles. The van der Waals surface area contributed by atoms with Gasteiger partial charge in [0.05, 0.1) is 12.6 Å². The van der Waals surface area contributed by atoms with E-state index in [1.807, 2.05) is 20.8 Å². The van der Waals surface area contributed by atoms with E-state index in [0.717, 1.165) is 43.9 Å². The van der Waals surface area contributed by atoms with E-state index >= 15 is 0 Å². The van der Waals surface area contributed by atoms with Crippen molar-refractivity contribution < 1.29 is 33.3 Å². The van der Waals surface area contributed by atoms with Gasteiger partial charge in [-0.05, 0) is 74.1 Å². The highest BCUT2D eigenvalue weighted by Crippen LogP contribution is 2.17. The highest BCUT2D eigenvalue weighted by atomic mass is 19.1. The van der Waals surface area contributed by atoms with Gasteiger partial charge in [-0.15, -0.1) is 0 Å². The molecule has 3 N–H and O–H groups in total. The normalized spacial score (nSPS) is 13.5. The highest BCUT2D eigenvalue weighted by molar-refractivity contribution is 6.00. The molecular formula is C30H42F2N2O5. The summed E-state index contributed by atoms with van der Waals surface area (Å²) >= 11 is 0. The Kier molecular flexibility index (Phi) is 13.5. The zero-order valence-electron chi connectivity index (χ0n) is 23.4. The third kappa shape index (κ3) is 10.3. The maximum atomic E-state index is 13.8. The molecule has 1 unspecified atom stereocenters. The van der Waals surface area contributed by atoms with Crippen LogP contribution in [0.25, 0.3) is 0 Å². The summed E-state index contributed by atoms with van der Waals surface area (Å²) in [5.41, 5.74) is 1.47. The van der Waals surface area contributed by atoms with Crippen molar-refractivity contribution in [1.82, 2.24) is 10.2 Å². The van der Waals surface area contributed by atoms with Crippen LogP contribution in [0.2, 0.25) is 0 Å². The molecule has 9 heteroatoms. The Balaban J connectivity index is 2.31. The lowest BCUT2D eigenvalue weighted by Gasteiger charge is -2.28. The SMILES string of the molecule is CCCCOC[C@@H](O)C(O)[C@H](Cc1cc(F)cc(F)c1)NC(=O)c1cc(C)cc(C(=O)N(CCC)CCC)c1. The number of benzene rings is 2. The lowest BCUT2D eigenvalue weighted by atomic mass is 9.96. The first-order chi connectivity index (χ1) is 18.6. The Morgan fingerprint density at radius 3 is 2.13 bits per heavy atom. The summed E-state index contributed by atoms with van der Waals surface area (Å²) in [5.74, 6) is -2.36.